The standard InChI is InChI=1S/C17H12O6/c18-12-6-11(22-9-16(20)21)7-15-17(12)13(19)8-14(23-15)10-4-2-1-3-5-10/h1-8,18H,9H2,(H,20,21)/p-1. The topological polar surface area (TPSA) is 99.8 Å². The lowest BCUT2D eigenvalue weighted by Crippen LogP contribution is -2.28. The number of hydrogen-bond donors (Lipinski definition) is 1. The number of fused-ring (bicyclic) bond motifs is 1. The molecule has 0 saturated carbocycles. The van der Waals surface area contributed by atoms with Crippen molar-refractivity contribution >= 4 is 16.9 Å². The number of carboxylic acids is 1. The smallest absolute Gasteiger partial charge is 0.197 e. The van der Waals surface area contributed by atoms with Crippen LogP contribution in [0.4, 0.5) is 0 Å². The van der Waals surface area contributed by atoms with Crippen LogP contribution >= 0.6 is 0 Å². The number of phenolic OH excluding ortho intramolecular Hbond substituents is 1. The van der Waals surface area contributed by atoms with E-state index in [0.717, 1.165) is 6.07 Å². The maximum Gasteiger partial charge on any atom is 0.197 e. The Morgan fingerprint density at radius 3 is 2.61 bits per heavy atom. The molecule has 2 aromatic carbocycles. The van der Waals surface area contributed by atoms with E-state index in [1.165, 1.54) is 12.1 Å². The summed E-state index contributed by atoms with van der Waals surface area (Å²) in [6.45, 7) is -0.673. The third kappa shape index (κ3) is 3.01. The van der Waals surface area contributed by atoms with Gasteiger partial charge in [0.15, 0.2) is 5.43 Å². The molecule has 0 fully saturated rings. The number of hydrogen-bond acceptors (Lipinski definition) is 6. The van der Waals surface area contributed by atoms with Crippen LogP contribution in [0.5, 0.6) is 11.5 Å². The fraction of sp³-hybridized carbons (Fsp3) is 0.0588. The molecule has 0 unspecified atom stereocenters. The van der Waals surface area contributed by atoms with Gasteiger partial charge in [-0.2, -0.15) is 0 Å². The molecule has 0 amide bonds. The molecule has 0 atom stereocenters. The van der Waals surface area contributed by atoms with E-state index in [1.807, 2.05) is 6.07 Å². The minimum atomic E-state index is -1.40. The molecule has 1 heterocycles. The Kier molecular flexibility index (Phi) is 3.72. The van der Waals surface area contributed by atoms with Gasteiger partial charge in [0.25, 0.3) is 0 Å². The minimum Gasteiger partial charge on any atom is -0.546 e. The predicted molar refractivity (Wildman–Crippen MR) is 80.1 cm³/mol. The number of carbonyl (C=O) groups is 1. The highest BCUT2D eigenvalue weighted by Gasteiger charge is 2.12. The third-order valence-corrected chi connectivity index (χ3v) is 3.20. The molecule has 0 spiro atoms. The van der Waals surface area contributed by atoms with Gasteiger partial charge < -0.3 is 24.2 Å². The van der Waals surface area contributed by atoms with Gasteiger partial charge in [-0.05, 0) is 0 Å². The minimum absolute atomic E-state index is 0.00508. The van der Waals surface area contributed by atoms with Crippen LogP contribution in [-0.4, -0.2) is 17.7 Å². The monoisotopic (exact) mass is 311 g/mol. The van der Waals surface area contributed by atoms with Gasteiger partial charge in [0.2, 0.25) is 0 Å². The van der Waals surface area contributed by atoms with E-state index in [0.29, 0.717) is 11.3 Å². The number of aliphatic carboxylic acids is 1. The largest absolute Gasteiger partial charge is 0.546 e. The van der Waals surface area contributed by atoms with Crippen LogP contribution in [0.2, 0.25) is 0 Å². The van der Waals surface area contributed by atoms with Gasteiger partial charge in [0, 0.05) is 23.8 Å². The summed E-state index contributed by atoms with van der Waals surface area (Å²) in [7, 11) is 0. The summed E-state index contributed by atoms with van der Waals surface area (Å²) in [5.41, 5.74) is 0.394. The summed E-state index contributed by atoms with van der Waals surface area (Å²) >= 11 is 0. The van der Waals surface area contributed by atoms with Crippen molar-refractivity contribution < 1.29 is 24.2 Å². The van der Waals surface area contributed by atoms with Gasteiger partial charge >= 0.3 is 0 Å². The number of rotatable bonds is 4. The second-order valence-electron chi connectivity index (χ2n) is 4.82. The van der Waals surface area contributed by atoms with Crippen molar-refractivity contribution in [3.05, 3.63) is 58.8 Å². The number of phenols is 1. The highest BCUT2D eigenvalue weighted by molar-refractivity contribution is 5.86. The summed E-state index contributed by atoms with van der Waals surface area (Å²) in [4.78, 5) is 22.6. The molecule has 0 aliphatic carbocycles. The molecule has 23 heavy (non-hydrogen) atoms. The molecule has 3 rings (SSSR count). The van der Waals surface area contributed by atoms with Crippen LogP contribution in [-0.2, 0) is 4.79 Å². The van der Waals surface area contributed by atoms with Gasteiger partial charge in [-0.15, -0.1) is 0 Å². The number of carbonyl (C=O) groups excluding carboxylic acids is 1. The molecule has 0 saturated heterocycles. The van der Waals surface area contributed by atoms with Gasteiger partial charge in [-0.3, -0.25) is 4.79 Å². The Labute approximate surface area is 130 Å². The fourth-order valence-electron chi connectivity index (χ4n) is 2.21. The van der Waals surface area contributed by atoms with Crippen LogP contribution in [0.15, 0.2) is 57.7 Å². The Bertz CT molecular complexity index is 927. The normalized spacial score (nSPS) is 10.6. The highest BCUT2D eigenvalue weighted by atomic mass is 16.5. The first-order valence-electron chi connectivity index (χ1n) is 6.73. The van der Waals surface area contributed by atoms with Crippen molar-refractivity contribution in [2.24, 2.45) is 0 Å². The SMILES string of the molecule is O=C([O-])COc1cc(O)c2c(=O)cc(-c3ccccc3)oc2c1. The van der Waals surface area contributed by atoms with Gasteiger partial charge in [-0.25, -0.2) is 0 Å². The van der Waals surface area contributed by atoms with E-state index in [1.54, 1.807) is 24.3 Å². The van der Waals surface area contributed by atoms with Crippen molar-refractivity contribution in [1.29, 1.82) is 0 Å². The molecule has 116 valence electrons. The van der Waals surface area contributed by atoms with E-state index < -0.39 is 18.0 Å². The molecule has 0 bridgehead atoms. The summed E-state index contributed by atoms with van der Waals surface area (Å²) in [6, 6.07) is 12.8. The van der Waals surface area contributed by atoms with Crippen molar-refractivity contribution in [1.82, 2.24) is 0 Å². The van der Waals surface area contributed by atoms with Gasteiger partial charge in [0.1, 0.15) is 34.8 Å². The predicted octanol–water partition coefficient (Wildman–Crippen LogP) is 1.29. The van der Waals surface area contributed by atoms with Crippen LogP contribution in [0, 0.1) is 0 Å². The third-order valence-electron chi connectivity index (χ3n) is 3.20. The number of aromatic hydroxyl groups is 1. The Morgan fingerprint density at radius 1 is 1.17 bits per heavy atom. The number of benzene rings is 2. The molecule has 1 N–H and O–H groups in total. The fourth-order valence-corrected chi connectivity index (χ4v) is 2.21. The Morgan fingerprint density at radius 2 is 1.91 bits per heavy atom. The van der Waals surface area contributed by atoms with E-state index in [2.05, 4.69) is 0 Å². The summed E-state index contributed by atoms with van der Waals surface area (Å²) < 4.78 is 10.6. The van der Waals surface area contributed by atoms with Crippen LogP contribution in [0.3, 0.4) is 0 Å². The maximum absolute atomic E-state index is 12.2. The van der Waals surface area contributed by atoms with Crippen molar-refractivity contribution in [2.45, 2.75) is 0 Å². The Balaban J connectivity index is 2.14. The summed E-state index contributed by atoms with van der Waals surface area (Å²) in [6.07, 6.45) is 0. The van der Waals surface area contributed by atoms with E-state index in [4.69, 9.17) is 9.15 Å². The van der Waals surface area contributed by atoms with E-state index in [-0.39, 0.29) is 22.5 Å². The lowest BCUT2D eigenvalue weighted by Gasteiger charge is -2.09. The summed E-state index contributed by atoms with van der Waals surface area (Å²) in [5, 5.41) is 20.4. The summed E-state index contributed by atoms with van der Waals surface area (Å²) in [5.74, 6) is -1.35. The van der Waals surface area contributed by atoms with Gasteiger partial charge in [0.05, 0.1) is 5.97 Å². The number of ether oxygens (including phenoxy) is 1. The first-order valence-corrected chi connectivity index (χ1v) is 6.73. The first-order chi connectivity index (χ1) is 11.0. The van der Waals surface area contributed by atoms with E-state index >= 15 is 0 Å². The molecule has 0 aliphatic heterocycles. The Hall–Kier alpha value is -3.28. The zero-order valence-corrected chi connectivity index (χ0v) is 11.8. The molecule has 3 aromatic rings. The zero-order chi connectivity index (χ0) is 16.4. The molecule has 1 aromatic heterocycles. The lowest BCUT2D eigenvalue weighted by molar-refractivity contribution is -0.307. The average molecular weight is 311 g/mol. The molecule has 6 nitrogen and oxygen atoms in total. The highest BCUT2D eigenvalue weighted by Crippen LogP contribution is 2.30. The number of carboxylic acid groups (broad SMARTS) is 1. The second-order valence-corrected chi connectivity index (χ2v) is 4.82. The lowest BCUT2D eigenvalue weighted by atomic mass is 10.1. The zero-order valence-electron chi connectivity index (χ0n) is 11.8. The maximum atomic E-state index is 12.2. The van der Waals surface area contributed by atoms with Crippen molar-refractivity contribution in [3.63, 3.8) is 0 Å². The van der Waals surface area contributed by atoms with Gasteiger partial charge in [-0.1, -0.05) is 30.3 Å². The molecular formula is C17H11O6-. The first kappa shape index (κ1) is 14.6. The quantitative estimate of drug-likeness (QED) is 0.779. The second kappa shape index (κ2) is 5.84. The molecule has 0 radical (unpaired) electrons. The molecule has 0 aliphatic rings. The average Bonchev–Trinajstić information content (AvgIpc) is 2.53. The van der Waals surface area contributed by atoms with Crippen molar-refractivity contribution in [3.8, 4) is 22.8 Å². The van der Waals surface area contributed by atoms with Crippen molar-refractivity contribution in [2.75, 3.05) is 6.61 Å². The molecular weight excluding hydrogens is 300 g/mol. The molecule has 6 heteroatoms. The van der Waals surface area contributed by atoms with Crippen LogP contribution < -0.4 is 15.3 Å². The van der Waals surface area contributed by atoms with Crippen LogP contribution in [0.25, 0.3) is 22.3 Å². The van der Waals surface area contributed by atoms with E-state index in [9.17, 15) is 19.8 Å². The van der Waals surface area contributed by atoms with Crippen LogP contribution in [0.1, 0.15) is 0 Å².